The van der Waals surface area contributed by atoms with Gasteiger partial charge in [0.2, 0.25) is 0 Å². The van der Waals surface area contributed by atoms with Crippen LogP contribution in [-0.4, -0.2) is 5.97 Å². The second-order valence-corrected chi connectivity index (χ2v) is 6.41. The predicted molar refractivity (Wildman–Crippen MR) is 91.0 cm³/mol. The van der Waals surface area contributed by atoms with Crippen molar-refractivity contribution in [2.45, 2.75) is 33.1 Å². The lowest BCUT2D eigenvalue weighted by Gasteiger charge is -2.21. The van der Waals surface area contributed by atoms with Crippen molar-refractivity contribution >= 4 is 12.0 Å². The van der Waals surface area contributed by atoms with E-state index in [2.05, 4.69) is 20.8 Å². The first-order chi connectivity index (χ1) is 10.4. The molecule has 2 aromatic rings. The van der Waals surface area contributed by atoms with E-state index in [9.17, 15) is 4.79 Å². The summed E-state index contributed by atoms with van der Waals surface area (Å²) in [5.41, 5.74) is 3.12. The number of carbonyl (C=O) groups excluding carboxylic acids is 1. The van der Waals surface area contributed by atoms with Gasteiger partial charge in [-0.05, 0) is 30.0 Å². The highest BCUT2D eigenvalue weighted by molar-refractivity contribution is 5.88. The molecule has 2 heteroatoms. The summed E-state index contributed by atoms with van der Waals surface area (Å²) in [7, 11) is 0. The average molecular weight is 294 g/mol. The van der Waals surface area contributed by atoms with Crippen LogP contribution in [-0.2, 0) is 10.2 Å². The third-order valence-corrected chi connectivity index (χ3v) is 3.39. The maximum Gasteiger partial charge on any atom is 0.336 e. The van der Waals surface area contributed by atoms with E-state index in [1.807, 2.05) is 55.5 Å². The molecule has 0 fully saturated rings. The molecule has 0 unspecified atom stereocenters. The first kappa shape index (κ1) is 16.0. The smallest absolute Gasteiger partial charge is 0.336 e. The van der Waals surface area contributed by atoms with Crippen LogP contribution in [0.3, 0.4) is 0 Å². The molecule has 2 nitrogen and oxygen atoms in total. The van der Waals surface area contributed by atoms with Crippen LogP contribution < -0.4 is 4.74 Å². The summed E-state index contributed by atoms with van der Waals surface area (Å²) in [6.45, 7) is 8.33. The Hall–Kier alpha value is -2.35. The summed E-state index contributed by atoms with van der Waals surface area (Å²) < 4.78 is 5.49. The number of hydrogen-bond acceptors (Lipinski definition) is 2. The molecule has 0 atom stereocenters. The van der Waals surface area contributed by atoms with E-state index in [-0.39, 0.29) is 11.4 Å². The highest BCUT2D eigenvalue weighted by Gasteiger charge is 2.19. The Morgan fingerprint density at radius 1 is 1.00 bits per heavy atom. The zero-order chi connectivity index (χ0) is 16.2. The fourth-order valence-corrected chi connectivity index (χ4v) is 2.16. The Labute approximate surface area is 132 Å². The third-order valence-electron chi connectivity index (χ3n) is 3.39. The molecule has 0 spiro atoms. The van der Waals surface area contributed by atoms with Gasteiger partial charge in [0.15, 0.2) is 0 Å². The summed E-state index contributed by atoms with van der Waals surface area (Å²) in [6.07, 6.45) is 3.23. The van der Waals surface area contributed by atoms with Crippen LogP contribution in [0.1, 0.15) is 37.5 Å². The molecule has 0 heterocycles. The number of ether oxygens (including phenoxy) is 1. The summed E-state index contributed by atoms with van der Waals surface area (Å²) in [6, 6.07) is 15.6. The molecule has 2 aromatic carbocycles. The Bertz CT molecular complexity index is 674. The van der Waals surface area contributed by atoms with Crippen molar-refractivity contribution in [2.75, 3.05) is 0 Å². The number of rotatable bonds is 3. The summed E-state index contributed by atoms with van der Waals surface area (Å²) in [5, 5.41) is 0. The fourth-order valence-electron chi connectivity index (χ4n) is 2.16. The van der Waals surface area contributed by atoms with E-state index in [4.69, 9.17) is 4.74 Å². The lowest BCUT2D eigenvalue weighted by Crippen LogP contribution is -2.15. The minimum Gasteiger partial charge on any atom is -0.423 e. The molecule has 22 heavy (non-hydrogen) atoms. The first-order valence-electron chi connectivity index (χ1n) is 7.42. The Morgan fingerprint density at radius 2 is 1.64 bits per heavy atom. The maximum absolute atomic E-state index is 12.0. The normalized spacial score (nSPS) is 11.6. The standard InChI is InChI=1S/C20H22O2/c1-15-9-11-16(12-10-15)13-14-19(21)22-18-8-6-5-7-17(18)20(2,3)4/h5-14H,1-4H3/b14-13+. The van der Waals surface area contributed by atoms with Crippen molar-refractivity contribution in [1.82, 2.24) is 0 Å². The zero-order valence-electron chi connectivity index (χ0n) is 13.6. The number of carbonyl (C=O) groups is 1. The van der Waals surface area contributed by atoms with Crippen molar-refractivity contribution in [3.8, 4) is 5.75 Å². The molecule has 0 aliphatic carbocycles. The zero-order valence-corrected chi connectivity index (χ0v) is 13.6. The average Bonchev–Trinajstić information content (AvgIpc) is 2.46. The summed E-state index contributed by atoms with van der Waals surface area (Å²) >= 11 is 0. The van der Waals surface area contributed by atoms with Crippen molar-refractivity contribution < 1.29 is 9.53 Å². The van der Waals surface area contributed by atoms with E-state index >= 15 is 0 Å². The van der Waals surface area contributed by atoms with Gasteiger partial charge >= 0.3 is 5.97 Å². The topological polar surface area (TPSA) is 26.3 Å². The Balaban J connectivity index is 2.11. The van der Waals surface area contributed by atoms with Crippen molar-refractivity contribution in [3.63, 3.8) is 0 Å². The number of hydrogen-bond donors (Lipinski definition) is 0. The second-order valence-electron chi connectivity index (χ2n) is 6.41. The minimum atomic E-state index is -0.364. The van der Waals surface area contributed by atoms with Gasteiger partial charge in [0.05, 0.1) is 0 Å². The molecule has 0 aliphatic rings. The van der Waals surface area contributed by atoms with Gasteiger partial charge in [0.1, 0.15) is 5.75 Å². The van der Waals surface area contributed by atoms with E-state index in [1.165, 1.54) is 11.6 Å². The molecule has 0 aromatic heterocycles. The molecule has 0 N–H and O–H groups in total. The quantitative estimate of drug-likeness (QED) is 0.456. The monoisotopic (exact) mass is 294 g/mol. The lowest BCUT2D eigenvalue weighted by atomic mass is 9.86. The van der Waals surface area contributed by atoms with Gasteiger partial charge in [0, 0.05) is 11.6 Å². The van der Waals surface area contributed by atoms with E-state index in [0.29, 0.717) is 5.75 Å². The van der Waals surface area contributed by atoms with E-state index in [1.54, 1.807) is 6.08 Å². The molecule has 0 bridgehead atoms. The van der Waals surface area contributed by atoms with Crippen molar-refractivity contribution in [1.29, 1.82) is 0 Å². The maximum atomic E-state index is 12.0. The summed E-state index contributed by atoms with van der Waals surface area (Å²) in [4.78, 5) is 12.0. The van der Waals surface area contributed by atoms with Gasteiger partial charge in [-0.1, -0.05) is 68.8 Å². The SMILES string of the molecule is Cc1ccc(/C=C/C(=O)Oc2ccccc2C(C)(C)C)cc1. The summed E-state index contributed by atoms with van der Waals surface area (Å²) in [5.74, 6) is 0.255. The van der Waals surface area contributed by atoms with Gasteiger partial charge < -0.3 is 4.74 Å². The molecule has 0 radical (unpaired) electrons. The number of esters is 1. The molecule has 0 amide bonds. The van der Waals surface area contributed by atoms with Crippen LogP contribution in [0, 0.1) is 6.92 Å². The third kappa shape index (κ3) is 4.32. The van der Waals surface area contributed by atoms with Crippen LogP contribution in [0.15, 0.2) is 54.6 Å². The van der Waals surface area contributed by atoms with Crippen LogP contribution in [0.25, 0.3) is 6.08 Å². The van der Waals surface area contributed by atoms with Gasteiger partial charge in [-0.15, -0.1) is 0 Å². The van der Waals surface area contributed by atoms with Gasteiger partial charge in [-0.2, -0.15) is 0 Å². The van der Waals surface area contributed by atoms with Gasteiger partial charge in [0.25, 0.3) is 0 Å². The number of benzene rings is 2. The van der Waals surface area contributed by atoms with Crippen molar-refractivity contribution in [3.05, 3.63) is 71.3 Å². The Kier molecular flexibility index (Phi) is 4.81. The molecule has 0 aliphatic heterocycles. The molecule has 0 saturated heterocycles. The Morgan fingerprint density at radius 3 is 2.27 bits per heavy atom. The number of para-hydroxylation sites is 1. The van der Waals surface area contributed by atoms with Crippen LogP contribution in [0.5, 0.6) is 5.75 Å². The molecular formula is C20H22O2. The first-order valence-corrected chi connectivity index (χ1v) is 7.42. The largest absolute Gasteiger partial charge is 0.423 e. The van der Waals surface area contributed by atoms with E-state index < -0.39 is 0 Å². The highest BCUT2D eigenvalue weighted by atomic mass is 16.5. The van der Waals surface area contributed by atoms with Crippen LogP contribution >= 0.6 is 0 Å². The predicted octanol–water partition coefficient (Wildman–Crippen LogP) is 4.91. The lowest BCUT2D eigenvalue weighted by molar-refractivity contribution is -0.128. The van der Waals surface area contributed by atoms with Gasteiger partial charge in [-0.25, -0.2) is 4.79 Å². The molecule has 114 valence electrons. The van der Waals surface area contributed by atoms with E-state index in [0.717, 1.165) is 11.1 Å². The van der Waals surface area contributed by atoms with Crippen molar-refractivity contribution in [2.24, 2.45) is 0 Å². The van der Waals surface area contributed by atoms with Gasteiger partial charge in [-0.3, -0.25) is 0 Å². The highest BCUT2D eigenvalue weighted by Crippen LogP contribution is 2.31. The molecular weight excluding hydrogens is 272 g/mol. The fraction of sp³-hybridized carbons (Fsp3) is 0.250. The van der Waals surface area contributed by atoms with Crippen LogP contribution in [0.2, 0.25) is 0 Å². The second kappa shape index (κ2) is 6.61. The minimum absolute atomic E-state index is 0.0719. The van der Waals surface area contributed by atoms with Crippen LogP contribution in [0.4, 0.5) is 0 Å². The number of aryl methyl sites for hydroxylation is 1. The molecule has 2 rings (SSSR count). The molecule has 0 saturated carbocycles.